The van der Waals surface area contributed by atoms with Gasteiger partial charge in [-0.05, 0) is 31.7 Å². The summed E-state index contributed by atoms with van der Waals surface area (Å²) in [4.78, 5) is 11.1. The number of aromatic nitrogens is 1. The van der Waals surface area contributed by atoms with Crippen LogP contribution >= 0.6 is 24.8 Å². The van der Waals surface area contributed by atoms with Gasteiger partial charge in [-0.15, -0.1) is 24.8 Å². The average molecular weight is 267 g/mol. The molecule has 0 radical (unpaired) electrons. The zero-order valence-corrected chi connectivity index (χ0v) is 11.3. The van der Waals surface area contributed by atoms with Gasteiger partial charge in [0.1, 0.15) is 0 Å². The molecule has 94 valence electrons. The van der Waals surface area contributed by atoms with E-state index in [1.54, 1.807) is 17.7 Å². The van der Waals surface area contributed by atoms with E-state index in [1.165, 1.54) is 5.56 Å². The molecule has 0 aliphatic carbocycles. The topological polar surface area (TPSA) is 48.0 Å². The molecule has 3 nitrogen and oxygen atoms in total. The van der Waals surface area contributed by atoms with Crippen LogP contribution in [0, 0.1) is 0 Å². The van der Waals surface area contributed by atoms with Crippen LogP contribution in [0.4, 0.5) is 0 Å². The number of pyridine rings is 1. The van der Waals surface area contributed by atoms with Crippen molar-refractivity contribution >= 4 is 24.8 Å². The molecule has 1 atom stereocenters. The van der Waals surface area contributed by atoms with Gasteiger partial charge in [-0.2, -0.15) is 0 Å². The molecule has 0 saturated carbocycles. The Labute approximate surface area is 109 Å². The zero-order chi connectivity index (χ0) is 10.6. The van der Waals surface area contributed by atoms with Crippen molar-refractivity contribution in [1.82, 2.24) is 4.57 Å². The second-order valence-corrected chi connectivity index (χ2v) is 3.86. The zero-order valence-electron chi connectivity index (χ0n) is 9.68. The molecular weight excluding hydrogens is 247 g/mol. The number of halogens is 2. The number of nitrogens with two attached hydrogens (primary N) is 1. The van der Waals surface area contributed by atoms with E-state index in [-0.39, 0.29) is 36.4 Å². The lowest BCUT2D eigenvalue weighted by Gasteiger charge is -2.05. The van der Waals surface area contributed by atoms with Gasteiger partial charge in [0.2, 0.25) is 5.56 Å². The van der Waals surface area contributed by atoms with E-state index in [4.69, 9.17) is 5.73 Å². The number of rotatable bonds is 4. The van der Waals surface area contributed by atoms with E-state index in [0.29, 0.717) is 0 Å². The minimum absolute atomic E-state index is 0. The first-order valence-corrected chi connectivity index (χ1v) is 5.00. The van der Waals surface area contributed by atoms with Crippen molar-refractivity contribution in [3.63, 3.8) is 0 Å². The second kappa shape index (κ2) is 8.62. The highest BCUT2D eigenvalue weighted by molar-refractivity contribution is 5.85. The highest BCUT2D eigenvalue weighted by Crippen LogP contribution is 2.03. The van der Waals surface area contributed by atoms with Crippen LogP contribution in [0.2, 0.25) is 0 Å². The Balaban J connectivity index is 0. The van der Waals surface area contributed by atoms with E-state index < -0.39 is 0 Å². The van der Waals surface area contributed by atoms with Crippen LogP contribution in [0.1, 0.15) is 25.3 Å². The van der Waals surface area contributed by atoms with Crippen LogP contribution in [0.5, 0.6) is 0 Å². The van der Waals surface area contributed by atoms with E-state index >= 15 is 0 Å². The van der Waals surface area contributed by atoms with Gasteiger partial charge in [-0.3, -0.25) is 4.79 Å². The Kier molecular flexibility index (Phi) is 9.63. The largest absolute Gasteiger partial charge is 0.328 e. The molecule has 0 fully saturated rings. The SMILES string of the molecule is CC(N)CCCc1ccc(=O)n(C)c1.Cl.Cl. The van der Waals surface area contributed by atoms with Crippen LogP contribution in [0.25, 0.3) is 0 Å². The van der Waals surface area contributed by atoms with Gasteiger partial charge in [0.15, 0.2) is 0 Å². The Morgan fingerprint density at radius 2 is 2.00 bits per heavy atom. The van der Waals surface area contributed by atoms with Crippen molar-refractivity contribution in [2.45, 2.75) is 32.2 Å². The molecule has 0 bridgehead atoms. The Morgan fingerprint density at radius 1 is 1.38 bits per heavy atom. The summed E-state index contributed by atoms with van der Waals surface area (Å²) in [6.45, 7) is 2.01. The normalized spacial score (nSPS) is 11.2. The Hall–Kier alpha value is -0.510. The molecule has 5 heteroatoms. The second-order valence-electron chi connectivity index (χ2n) is 3.86. The molecule has 1 unspecified atom stereocenters. The van der Waals surface area contributed by atoms with Crippen molar-refractivity contribution in [2.75, 3.05) is 0 Å². The molecule has 0 spiro atoms. The fourth-order valence-corrected chi connectivity index (χ4v) is 1.43. The lowest BCUT2D eigenvalue weighted by Crippen LogP contribution is -2.16. The number of hydrogen-bond donors (Lipinski definition) is 1. The van der Waals surface area contributed by atoms with Crippen molar-refractivity contribution in [2.24, 2.45) is 12.8 Å². The van der Waals surface area contributed by atoms with Crippen molar-refractivity contribution in [3.8, 4) is 0 Å². The summed E-state index contributed by atoms with van der Waals surface area (Å²) < 4.78 is 1.61. The van der Waals surface area contributed by atoms with Crippen molar-refractivity contribution in [1.29, 1.82) is 0 Å². The summed E-state index contributed by atoms with van der Waals surface area (Å²) in [6.07, 6.45) is 5.00. The number of aryl methyl sites for hydroxylation is 2. The van der Waals surface area contributed by atoms with Gasteiger partial charge >= 0.3 is 0 Å². The molecule has 0 saturated heterocycles. The molecule has 1 aromatic rings. The van der Waals surface area contributed by atoms with Gasteiger partial charge in [0, 0.05) is 25.4 Å². The average Bonchev–Trinajstić information content (AvgIpc) is 2.10. The predicted molar refractivity (Wildman–Crippen MR) is 72.8 cm³/mol. The van der Waals surface area contributed by atoms with E-state index in [1.807, 2.05) is 19.2 Å². The maximum Gasteiger partial charge on any atom is 0.250 e. The third-order valence-electron chi connectivity index (χ3n) is 2.27. The number of nitrogens with zero attached hydrogens (tertiary/aromatic N) is 1. The molecule has 0 aliphatic heterocycles. The van der Waals surface area contributed by atoms with Gasteiger partial charge in [-0.25, -0.2) is 0 Å². The molecule has 0 aliphatic rings. The fourth-order valence-electron chi connectivity index (χ4n) is 1.43. The quantitative estimate of drug-likeness (QED) is 0.905. The summed E-state index contributed by atoms with van der Waals surface area (Å²) in [5.74, 6) is 0. The monoisotopic (exact) mass is 266 g/mol. The molecule has 0 amide bonds. The highest BCUT2D eigenvalue weighted by Gasteiger charge is 1.97. The van der Waals surface area contributed by atoms with E-state index in [9.17, 15) is 4.79 Å². The van der Waals surface area contributed by atoms with Crippen LogP contribution < -0.4 is 11.3 Å². The fraction of sp³-hybridized carbons (Fsp3) is 0.545. The summed E-state index contributed by atoms with van der Waals surface area (Å²) in [6, 6.07) is 3.77. The van der Waals surface area contributed by atoms with E-state index in [0.717, 1.165) is 19.3 Å². The standard InChI is InChI=1S/C11H18N2O.2ClH/c1-9(12)4-3-5-10-6-7-11(14)13(2)8-10;;/h6-9H,3-5,12H2,1-2H3;2*1H. The molecular formula is C11H20Cl2N2O. The lowest BCUT2D eigenvalue weighted by atomic mass is 10.1. The summed E-state index contributed by atoms with van der Waals surface area (Å²) in [5, 5.41) is 0. The van der Waals surface area contributed by atoms with Gasteiger partial charge in [-0.1, -0.05) is 6.07 Å². The lowest BCUT2D eigenvalue weighted by molar-refractivity contribution is 0.622. The van der Waals surface area contributed by atoms with Gasteiger partial charge in [0.25, 0.3) is 0 Å². The molecule has 16 heavy (non-hydrogen) atoms. The van der Waals surface area contributed by atoms with Crippen LogP contribution in [-0.2, 0) is 13.5 Å². The van der Waals surface area contributed by atoms with Crippen molar-refractivity contribution < 1.29 is 0 Å². The maximum absolute atomic E-state index is 11.1. The molecule has 1 heterocycles. The predicted octanol–water partition coefficient (Wildman–Crippen LogP) is 1.90. The van der Waals surface area contributed by atoms with Crippen LogP contribution in [0.3, 0.4) is 0 Å². The minimum atomic E-state index is 0. The van der Waals surface area contributed by atoms with Crippen molar-refractivity contribution in [3.05, 3.63) is 34.2 Å². The smallest absolute Gasteiger partial charge is 0.250 e. The highest BCUT2D eigenvalue weighted by atomic mass is 35.5. The molecule has 2 N–H and O–H groups in total. The Morgan fingerprint density at radius 3 is 2.50 bits per heavy atom. The van der Waals surface area contributed by atoms with Crippen LogP contribution in [-0.4, -0.2) is 10.6 Å². The van der Waals surface area contributed by atoms with Gasteiger partial charge in [0.05, 0.1) is 0 Å². The molecule has 1 aromatic heterocycles. The Bertz CT molecular complexity index is 350. The van der Waals surface area contributed by atoms with E-state index in [2.05, 4.69) is 0 Å². The van der Waals surface area contributed by atoms with Gasteiger partial charge < -0.3 is 10.3 Å². The maximum atomic E-state index is 11.1. The van der Waals surface area contributed by atoms with Crippen LogP contribution in [0.15, 0.2) is 23.1 Å². The summed E-state index contributed by atoms with van der Waals surface area (Å²) >= 11 is 0. The number of hydrogen-bond acceptors (Lipinski definition) is 2. The molecule has 0 aromatic carbocycles. The molecule has 1 rings (SSSR count). The minimum Gasteiger partial charge on any atom is -0.328 e. The first-order chi connectivity index (χ1) is 6.59. The summed E-state index contributed by atoms with van der Waals surface area (Å²) in [7, 11) is 1.78. The third-order valence-corrected chi connectivity index (χ3v) is 2.27. The third kappa shape index (κ3) is 6.16. The first-order valence-electron chi connectivity index (χ1n) is 5.00. The first kappa shape index (κ1) is 17.9. The summed E-state index contributed by atoms with van der Waals surface area (Å²) in [5.41, 5.74) is 6.90.